The summed E-state index contributed by atoms with van der Waals surface area (Å²) in [5, 5.41) is 9.91. The average molecular weight is 372 g/mol. The van der Waals surface area contributed by atoms with Crippen LogP contribution in [0.15, 0.2) is 89.8 Å². The minimum absolute atomic E-state index is 0.237. The van der Waals surface area contributed by atoms with Gasteiger partial charge in [0.1, 0.15) is 0 Å². The molecule has 0 fully saturated rings. The monoisotopic (exact) mass is 372 g/mol. The van der Waals surface area contributed by atoms with E-state index >= 15 is 0 Å². The van der Waals surface area contributed by atoms with Crippen LogP contribution in [0.2, 0.25) is 0 Å². The van der Waals surface area contributed by atoms with Crippen molar-refractivity contribution in [2.24, 2.45) is 0 Å². The summed E-state index contributed by atoms with van der Waals surface area (Å²) in [6.45, 7) is 0. The summed E-state index contributed by atoms with van der Waals surface area (Å²) < 4.78 is 28.1. The Labute approximate surface area is 158 Å². The fraction of sp³-hybridized carbons (Fsp3) is 0.0455. The van der Waals surface area contributed by atoms with Crippen LogP contribution in [0.4, 0.5) is 0 Å². The first-order chi connectivity index (χ1) is 13.1. The molecule has 0 saturated heterocycles. The number of nitriles is 1. The third-order valence-electron chi connectivity index (χ3n) is 4.47. The van der Waals surface area contributed by atoms with Crippen molar-refractivity contribution >= 4 is 20.9 Å². The van der Waals surface area contributed by atoms with Gasteiger partial charge >= 0.3 is 0 Å². The smallest absolute Gasteiger partial charge is 0.238 e. The van der Waals surface area contributed by atoms with Crippen LogP contribution in [0, 0.1) is 11.3 Å². The zero-order chi connectivity index (χ0) is 18.9. The Morgan fingerprint density at radius 3 is 2.19 bits per heavy atom. The van der Waals surface area contributed by atoms with Crippen LogP contribution in [0.3, 0.4) is 0 Å². The number of nitrogens with zero attached hydrogens (tertiary/aromatic N) is 2. The summed E-state index contributed by atoms with van der Waals surface area (Å²) >= 11 is 0. The maximum Gasteiger partial charge on any atom is 0.268 e. The normalized spacial score (nSPS) is 11.4. The van der Waals surface area contributed by atoms with Crippen molar-refractivity contribution < 1.29 is 8.42 Å². The Morgan fingerprint density at radius 1 is 0.852 bits per heavy atom. The van der Waals surface area contributed by atoms with Crippen LogP contribution in [0.1, 0.15) is 16.8 Å². The van der Waals surface area contributed by atoms with E-state index in [0.717, 1.165) is 10.9 Å². The lowest BCUT2D eigenvalue weighted by Gasteiger charge is -2.12. The van der Waals surface area contributed by atoms with E-state index < -0.39 is 10.0 Å². The second kappa shape index (κ2) is 6.75. The van der Waals surface area contributed by atoms with Crippen molar-refractivity contribution in [2.45, 2.75) is 11.3 Å². The Hall–Kier alpha value is -3.36. The molecule has 0 saturated carbocycles. The Bertz CT molecular complexity index is 1250. The quantitative estimate of drug-likeness (QED) is 0.535. The van der Waals surface area contributed by atoms with Gasteiger partial charge < -0.3 is 0 Å². The second-order valence-electron chi connectivity index (χ2n) is 6.27. The highest BCUT2D eigenvalue weighted by Crippen LogP contribution is 2.28. The van der Waals surface area contributed by atoms with Gasteiger partial charge in [0.2, 0.25) is 0 Å². The Balaban J connectivity index is 1.97. The van der Waals surface area contributed by atoms with Gasteiger partial charge in [-0.05, 0) is 42.0 Å². The lowest BCUT2D eigenvalue weighted by Crippen LogP contribution is -2.15. The van der Waals surface area contributed by atoms with Crippen molar-refractivity contribution in [3.63, 3.8) is 0 Å². The standard InChI is InChI=1S/C22H16N2O2S/c23-16-18-11-12-22-19(13-18)15-20(14-17-7-3-1-4-8-17)24(22)27(25,26)21-9-5-2-6-10-21/h1-13,15H,14H2. The highest BCUT2D eigenvalue weighted by atomic mass is 32.2. The van der Waals surface area contributed by atoms with E-state index in [-0.39, 0.29) is 4.90 Å². The SMILES string of the molecule is N#Cc1ccc2c(c1)cc(Cc1ccccc1)n2S(=O)(=O)c1ccccc1. The third-order valence-corrected chi connectivity index (χ3v) is 6.25. The first-order valence-corrected chi connectivity index (χ1v) is 9.92. The molecular formula is C22H16N2O2S. The molecule has 4 rings (SSSR count). The zero-order valence-corrected chi connectivity index (χ0v) is 15.2. The summed E-state index contributed by atoms with van der Waals surface area (Å²) in [5.74, 6) is 0. The molecule has 1 aromatic heterocycles. The van der Waals surface area contributed by atoms with Crippen molar-refractivity contribution in [1.29, 1.82) is 5.26 Å². The molecule has 0 aliphatic rings. The van der Waals surface area contributed by atoms with E-state index in [1.54, 1.807) is 48.5 Å². The van der Waals surface area contributed by atoms with Crippen molar-refractivity contribution in [3.8, 4) is 6.07 Å². The lowest BCUT2D eigenvalue weighted by molar-refractivity contribution is 0.587. The summed E-state index contributed by atoms with van der Waals surface area (Å²) in [4.78, 5) is 0.237. The molecule has 4 aromatic rings. The largest absolute Gasteiger partial charge is 0.268 e. The van der Waals surface area contributed by atoms with E-state index in [9.17, 15) is 13.7 Å². The van der Waals surface area contributed by atoms with Gasteiger partial charge in [-0.3, -0.25) is 0 Å². The van der Waals surface area contributed by atoms with Crippen LogP contribution in [0.5, 0.6) is 0 Å². The predicted octanol–water partition coefficient (Wildman–Crippen LogP) is 4.34. The van der Waals surface area contributed by atoms with Crippen LogP contribution >= 0.6 is 0 Å². The van der Waals surface area contributed by atoms with Gasteiger partial charge in [-0.1, -0.05) is 48.5 Å². The van der Waals surface area contributed by atoms with E-state index in [2.05, 4.69) is 6.07 Å². The highest BCUT2D eigenvalue weighted by molar-refractivity contribution is 7.90. The van der Waals surface area contributed by atoms with Crippen LogP contribution in [-0.2, 0) is 16.4 Å². The maximum absolute atomic E-state index is 13.4. The molecule has 1 heterocycles. The number of rotatable bonds is 4. The predicted molar refractivity (Wildman–Crippen MR) is 105 cm³/mol. The molecule has 0 spiro atoms. The van der Waals surface area contributed by atoms with Crippen molar-refractivity contribution in [2.75, 3.05) is 0 Å². The molecular weight excluding hydrogens is 356 g/mol. The highest BCUT2D eigenvalue weighted by Gasteiger charge is 2.23. The minimum Gasteiger partial charge on any atom is -0.238 e. The topological polar surface area (TPSA) is 62.9 Å². The van der Waals surface area contributed by atoms with Gasteiger partial charge in [0, 0.05) is 17.5 Å². The maximum atomic E-state index is 13.4. The van der Waals surface area contributed by atoms with E-state index in [0.29, 0.717) is 23.2 Å². The van der Waals surface area contributed by atoms with Crippen LogP contribution in [0.25, 0.3) is 10.9 Å². The summed E-state index contributed by atoms with van der Waals surface area (Å²) in [6.07, 6.45) is 0.476. The molecule has 4 nitrogen and oxygen atoms in total. The van der Waals surface area contributed by atoms with Gasteiger partial charge in [-0.15, -0.1) is 0 Å². The first kappa shape index (κ1) is 17.1. The molecule has 0 N–H and O–H groups in total. The molecule has 132 valence electrons. The molecule has 27 heavy (non-hydrogen) atoms. The van der Waals surface area contributed by atoms with Gasteiger partial charge in [0.25, 0.3) is 10.0 Å². The molecule has 5 heteroatoms. The number of hydrogen-bond acceptors (Lipinski definition) is 3. The van der Waals surface area contributed by atoms with Gasteiger partial charge in [-0.2, -0.15) is 5.26 Å². The van der Waals surface area contributed by atoms with Crippen LogP contribution < -0.4 is 0 Å². The molecule has 0 amide bonds. The third kappa shape index (κ3) is 3.12. The molecule has 0 atom stereocenters. The van der Waals surface area contributed by atoms with E-state index in [1.807, 2.05) is 36.4 Å². The number of fused-ring (bicyclic) bond motifs is 1. The number of aromatic nitrogens is 1. The van der Waals surface area contributed by atoms with Crippen molar-refractivity contribution in [3.05, 3.63) is 102 Å². The molecule has 0 aliphatic heterocycles. The fourth-order valence-corrected chi connectivity index (χ4v) is 4.79. The minimum atomic E-state index is -3.76. The summed E-state index contributed by atoms with van der Waals surface area (Å²) in [7, 11) is -3.76. The lowest BCUT2D eigenvalue weighted by atomic mass is 10.1. The molecule has 0 unspecified atom stereocenters. The van der Waals surface area contributed by atoms with Crippen LogP contribution in [-0.4, -0.2) is 12.4 Å². The Morgan fingerprint density at radius 2 is 1.52 bits per heavy atom. The first-order valence-electron chi connectivity index (χ1n) is 8.48. The fourth-order valence-electron chi connectivity index (χ4n) is 3.23. The average Bonchev–Trinajstić information content (AvgIpc) is 3.07. The van der Waals surface area contributed by atoms with Gasteiger partial charge in [0.15, 0.2) is 0 Å². The summed E-state index contributed by atoms with van der Waals surface area (Å²) in [6, 6.07) is 27.2. The Kier molecular flexibility index (Phi) is 4.27. The van der Waals surface area contributed by atoms with E-state index in [1.165, 1.54) is 3.97 Å². The van der Waals surface area contributed by atoms with Crippen molar-refractivity contribution in [1.82, 2.24) is 3.97 Å². The molecule has 0 aliphatic carbocycles. The van der Waals surface area contributed by atoms with Gasteiger partial charge in [0.05, 0.1) is 22.0 Å². The second-order valence-corrected chi connectivity index (χ2v) is 8.05. The number of benzene rings is 3. The molecule has 3 aromatic carbocycles. The summed E-state index contributed by atoms with van der Waals surface area (Å²) in [5.41, 5.74) is 2.76. The van der Waals surface area contributed by atoms with Gasteiger partial charge in [-0.25, -0.2) is 12.4 Å². The number of hydrogen-bond donors (Lipinski definition) is 0. The molecule has 0 bridgehead atoms. The zero-order valence-electron chi connectivity index (χ0n) is 14.4. The molecule has 0 radical (unpaired) electrons. The van der Waals surface area contributed by atoms with E-state index in [4.69, 9.17) is 0 Å².